The fourth-order valence-corrected chi connectivity index (χ4v) is 2.29. The molecule has 0 bridgehead atoms. The molecule has 102 valence electrons. The van der Waals surface area contributed by atoms with Crippen molar-refractivity contribution in [3.05, 3.63) is 34.2 Å². The summed E-state index contributed by atoms with van der Waals surface area (Å²) in [5, 5.41) is 2.96. The second-order valence-electron chi connectivity index (χ2n) is 3.99. The Morgan fingerprint density at radius 1 is 1.26 bits per heavy atom. The number of nitrogens with zero attached hydrogens (tertiary/aromatic N) is 1. The number of anilines is 1. The number of hydrogen-bond donors (Lipinski definition) is 1. The van der Waals surface area contributed by atoms with Crippen molar-refractivity contribution in [1.82, 2.24) is 4.98 Å². The largest absolute Gasteiger partial charge is 0.433 e. The van der Waals surface area contributed by atoms with Crippen LogP contribution in [0.25, 0.3) is 10.9 Å². The Balaban J connectivity index is 2.95. The number of rotatable bonds is 1. The van der Waals surface area contributed by atoms with Crippen LogP contribution in [0.15, 0.2) is 12.1 Å². The Bertz CT molecular complexity index is 652. The highest BCUT2D eigenvalue weighted by molar-refractivity contribution is 6.36. The maximum absolute atomic E-state index is 13.2. The van der Waals surface area contributed by atoms with Gasteiger partial charge in [0.2, 0.25) is 0 Å². The lowest BCUT2D eigenvalue weighted by Crippen LogP contribution is -2.12. The number of alkyl halides is 3. The molecule has 0 aliphatic carbocycles. The van der Waals surface area contributed by atoms with Crippen LogP contribution in [-0.4, -0.2) is 12.0 Å². The number of fused-ring (bicyclic) bond motifs is 1. The molecule has 0 unspecified atom stereocenters. The van der Waals surface area contributed by atoms with E-state index in [1.54, 1.807) is 0 Å². The van der Waals surface area contributed by atoms with Crippen LogP contribution in [0.5, 0.6) is 0 Å². The van der Waals surface area contributed by atoms with E-state index in [1.165, 1.54) is 14.0 Å². The van der Waals surface area contributed by atoms with Crippen molar-refractivity contribution < 1.29 is 17.6 Å². The molecule has 0 aliphatic heterocycles. The van der Waals surface area contributed by atoms with Crippen molar-refractivity contribution in [3.63, 3.8) is 0 Å². The predicted molar refractivity (Wildman–Crippen MR) is 66.0 cm³/mol. The summed E-state index contributed by atoms with van der Waals surface area (Å²) in [6.07, 6.45) is -4.61. The van der Waals surface area contributed by atoms with Crippen LogP contribution in [-0.2, 0) is 6.18 Å². The average Bonchev–Trinajstić information content (AvgIpc) is 2.27. The van der Waals surface area contributed by atoms with Crippen molar-refractivity contribution in [3.8, 4) is 0 Å². The zero-order chi connectivity index (χ0) is 14.4. The summed E-state index contributed by atoms with van der Waals surface area (Å²) in [6.45, 7) is 1.29. The SMILES string of the molecule is CNc1c(C)c(C(F)(F)F)nc2cc(F)cc(Cl)c12. The Morgan fingerprint density at radius 2 is 1.89 bits per heavy atom. The van der Waals surface area contributed by atoms with Crippen LogP contribution in [0.3, 0.4) is 0 Å². The van der Waals surface area contributed by atoms with Gasteiger partial charge < -0.3 is 5.32 Å². The van der Waals surface area contributed by atoms with E-state index in [4.69, 9.17) is 11.6 Å². The van der Waals surface area contributed by atoms with Gasteiger partial charge in [-0.15, -0.1) is 0 Å². The summed E-state index contributed by atoms with van der Waals surface area (Å²) in [4.78, 5) is 3.49. The number of hydrogen-bond acceptors (Lipinski definition) is 2. The molecule has 0 atom stereocenters. The Morgan fingerprint density at radius 3 is 2.42 bits per heavy atom. The molecule has 1 heterocycles. The van der Waals surface area contributed by atoms with Crippen LogP contribution in [0.2, 0.25) is 5.02 Å². The molecule has 0 saturated heterocycles. The smallest absolute Gasteiger partial charge is 0.387 e. The first-order valence-corrected chi connectivity index (χ1v) is 5.67. The third kappa shape index (κ3) is 2.32. The molecule has 2 rings (SSSR count). The molecule has 0 fully saturated rings. The van der Waals surface area contributed by atoms with Gasteiger partial charge in [-0.1, -0.05) is 11.6 Å². The van der Waals surface area contributed by atoms with E-state index in [2.05, 4.69) is 10.3 Å². The van der Waals surface area contributed by atoms with Gasteiger partial charge in [0.05, 0.1) is 10.5 Å². The lowest BCUT2D eigenvalue weighted by atomic mass is 10.1. The van der Waals surface area contributed by atoms with Gasteiger partial charge in [-0.05, 0) is 13.0 Å². The van der Waals surface area contributed by atoms with E-state index in [9.17, 15) is 17.6 Å². The van der Waals surface area contributed by atoms with Gasteiger partial charge in [-0.2, -0.15) is 13.2 Å². The van der Waals surface area contributed by atoms with Crippen LogP contribution >= 0.6 is 11.6 Å². The fourth-order valence-electron chi connectivity index (χ4n) is 1.99. The minimum absolute atomic E-state index is 0.0173. The molecular formula is C12H9ClF4N2. The van der Waals surface area contributed by atoms with Gasteiger partial charge in [-0.3, -0.25) is 0 Å². The van der Waals surface area contributed by atoms with E-state index >= 15 is 0 Å². The molecule has 0 spiro atoms. The first-order chi connectivity index (χ1) is 8.75. The van der Waals surface area contributed by atoms with E-state index in [0.717, 1.165) is 12.1 Å². The molecule has 19 heavy (non-hydrogen) atoms. The molecule has 0 amide bonds. The normalized spacial score (nSPS) is 11.9. The molecule has 7 heteroatoms. The molecule has 0 radical (unpaired) electrons. The molecular weight excluding hydrogens is 284 g/mol. The summed E-state index contributed by atoms with van der Waals surface area (Å²) in [6, 6.07) is 1.97. The van der Waals surface area contributed by atoms with Gasteiger partial charge in [-0.25, -0.2) is 9.37 Å². The Labute approximate surface area is 111 Å². The molecule has 2 aromatic rings. The average molecular weight is 293 g/mol. The van der Waals surface area contributed by atoms with Crippen LogP contribution in [0.4, 0.5) is 23.2 Å². The summed E-state index contributed by atoms with van der Waals surface area (Å²) < 4.78 is 51.9. The number of benzene rings is 1. The van der Waals surface area contributed by atoms with Gasteiger partial charge in [0, 0.05) is 29.8 Å². The predicted octanol–water partition coefficient (Wildman–Crippen LogP) is 4.40. The van der Waals surface area contributed by atoms with Crippen LogP contribution in [0, 0.1) is 12.7 Å². The fraction of sp³-hybridized carbons (Fsp3) is 0.250. The number of nitrogens with one attached hydrogen (secondary N) is 1. The lowest BCUT2D eigenvalue weighted by molar-refractivity contribution is -0.141. The van der Waals surface area contributed by atoms with Crippen molar-refractivity contribution in [2.45, 2.75) is 13.1 Å². The third-order valence-corrected chi connectivity index (χ3v) is 3.06. The highest BCUT2D eigenvalue weighted by Crippen LogP contribution is 2.39. The third-order valence-electron chi connectivity index (χ3n) is 2.77. The highest BCUT2D eigenvalue weighted by Gasteiger charge is 2.36. The number of halogens is 5. The molecule has 1 aromatic heterocycles. The van der Waals surface area contributed by atoms with Gasteiger partial charge >= 0.3 is 6.18 Å². The molecule has 0 aliphatic rings. The maximum Gasteiger partial charge on any atom is 0.433 e. The highest BCUT2D eigenvalue weighted by atomic mass is 35.5. The monoisotopic (exact) mass is 292 g/mol. The first-order valence-electron chi connectivity index (χ1n) is 5.30. The summed E-state index contributed by atoms with van der Waals surface area (Å²) in [5.41, 5.74) is -1.06. The topological polar surface area (TPSA) is 24.9 Å². The van der Waals surface area contributed by atoms with Gasteiger partial charge in [0.15, 0.2) is 0 Å². The van der Waals surface area contributed by atoms with Crippen molar-refractivity contribution in [2.24, 2.45) is 0 Å². The van der Waals surface area contributed by atoms with Crippen molar-refractivity contribution in [2.75, 3.05) is 12.4 Å². The number of aromatic nitrogens is 1. The Hall–Kier alpha value is -1.56. The first kappa shape index (κ1) is 13.9. The van der Waals surface area contributed by atoms with Gasteiger partial charge in [0.25, 0.3) is 0 Å². The van der Waals surface area contributed by atoms with Crippen LogP contribution in [0.1, 0.15) is 11.3 Å². The summed E-state index contributed by atoms with van der Waals surface area (Å²) in [5.74, 6) is -0.732. The molecule has 1 aromatic carbocycles. The number of pyridine rings is 1. The lowest BCUT2D eigenvalue weighted by Gasteiger charge is -2.16. The molecule has 2 nitrogen and oxygen atoms in total. The minimum atomic E-state index is -4.61. The molecule has 1 N–H and O–H groups in total. The molecule has 0 saturated carbocycles. The second-order valence-corrected chi connectivity index (χ2v) is 4.40. The maximum atomic E-state index is 13.2. The van der Waals surface area contributed by atoms with Crippen molar-refractivity contribution >= 4 is 28.2 Å². The summed E-state index contributed by atoms with van der Waals surface area (Å²) in [7, 11) is 1.47. The standard InChI is InChI=1S/C12H9ClF4N2/c1-5-10(18-2)9-7(13)3-6(14)4-8(9)19-11(5)12(15,16)17/h3-4H,1-2H3,(H,18,19). The van der Waals surface area contributed by atoms with Gasteiger partial charge in [0.1, 0.15) is 11.5 Å². The second kappa shape index (κ2) is 4.52. The minimum Gasteiger partial charge on any atom is -0.387 e. The quantitative estimate of drug-likeness (QED) is 0.788. The van der Waals surface area contributed by atoms with Crippen LogP contribution < -0.4 is 5.32 Å². The van der Waals surface area contributed by atoms with E-state index in [1.807, 2.05) is 0 Å². The van der Waals surface area contributed by atoms with Crippen molar-refractivity contribution in [1.29, 1.82) is 0 Å². The van der Waals surface area contributed by atoms with E-state index < -0.39 is 17.7 Å². The van der Waals surface area contributed by atoms with E-state index in [-0.39, 0.29) is 27.2 Å². The van der Waals surface area contributed by atoms with E-state index in [0.29, 0.717) is 0 Å². The zero-order valence-electron chi connectivity index (χ0n) is 9.99. The Kier molecular flexibility index (Phi) is 3.30. The zero-order valence-corrected chi connectivity index (χ0v) is 10.7. The summed E-state index contributed by atoms with van der Waals surface area (Å²) >= 11 is 5.88.